The SMILES string of the molecule is CC1CCN(S(=O)(=O)c2ccc(Cl)c(C(=O)NCCOc3ccc(F)cc3)c2)CC1. The number of hydrogen-bond acceptors (Lipinski definition) is 4. The first kappa shape index (κ1) is 22.5. The van der Waals surface area contributed by atoms with Gasteiger partial charge in [0.1, 0.15) is 18.2 Å². The summed E-state index contributed by atoms with van der Waals surface area (Å²) >= 11 is 6.13. The van der Waals surface area contributed by atoms with Gasteiger partial charge in [-0.1, -0.05) is 18.5 Å². The molecular formula is C21H24ClFN2O4S. The summed E-state index contributed by atoms with van der Waals surface area (Å²) in [4.78, 5) is 12.6. The third kappa shape index (κ3) is 5.50. The summed E-state index contributed by atoms with van der Waals surface area (Å²) in [7, 11) is -3.68. The minimum absolute atomic E-state index is 0.0502. The van der Waals surface area contributed by atoms with Crippen molar-refractivity contribution >= 4 is 27.5 Å². The molecule has 0 aromatic heterocycles. The average molecular weight is 455 g/mol. The van der Waals surface area contributed by atoms with E-state index in [1.165, 1.54) is 46.8 Å². The molecule has 0 unspecified atom stereocenters. The molecule has 1 aliphatic heterocycles. The Balaban J connectivity index is 1.62. The largest absolute Gasteiger partial charge is 0.492 e. The van der Waals surface area contributed by atoms with Gasteiger partial charge in [0.15, 0.2) is 0 Å². The van der Waals surface area contributed by atoms with Gasteiger partial charge in [0.2, 0.25) is 10.0 Å². The molecule has 1 amide bonds. The second-order valence-electron chi connectivity index (χ2n) is 7.29. The van der Waals surface area contributed by atoms with E-state index in [1.807, 2.05) is 0 Å². The molecule has 30 heavy (non-hydrogen) atoms. The third-order valence-electron chi connectivity index (χ3n) is 5.03. The van der Waals surface area contributed by atoms with Crippen LogP contribution in [-0.2, 0) is 10.0 Å². The molecule has 6 nitrogen and oxygen atoms in total. The normalized spacial score (nSPS) is 15.7. The molecule has 1 saturated heterocycles. The van der Waals surface area contributed by atoms with Crippen molar-refractivity contribution in [2.24, 2.45) is 5.92 Å². The summed E-state index contributed by atoms with van der Waals surface area (Å²) in [5.41, 5.74) is 0.0879. The predicted octanol–water partition coefficient (Wildman–Crippen LogP) is 3.71. The highest BCUT2D eigenvalue weighted by Gasteiger charge is 2.29. The van der Waals surface area contributed by atoms with E-state index in [9.17, 15) is 17.6 Å². The highest BCUT2D eigenvalue weighted by Crippen LogP contribution is 2.26. The van der Waals surface area contributed by atoms with E-state index in [4.69, 9.17) is 16.3 Å². The molecule has 9 heteroatoms. The number of piperidine rings is 1. The number of sulfonamides is 1. The minimum Gasteiger partial charge on any atom is -0.492 e. The van der Waals surface area contributed by atoms with Crippen LogP contribution in [0, 0.1) is 11.7 Å². The highest BCUT2D eigenvalue weighted by atomic mass is 35.5. The second kappa shape index (κ2) is 9.76. The fourth-order valence-corrected chi connectivity index (χ4v) is 4.87. The third-order valence-corrected chi connectivity index (χ3v) is 7.26. The minimum atomic E-state index is -3.68. The maximum atomic E-state index is 12.9. The van der Waals surface area contributed by atoms with Crippen LogP contribution in [0.25, 0.3) is 0 Å². The molecule has 0 bridgehead atoms. The van der Waals surface area contributed by atoms with Crippen LogP contribution < -0.4 is 10.1 Å². The second-order valence-corrected chi connectivity index (χ2v) is 9.63. The van der Waals surface area contributed by atoms with E-state index >= 15 is 0 Å². The number of hydrogen-bond donors (Lipinski definition) is 1. The monoisotopic (exact) mass is 454 g/mol. The predicted molar refractivity (Wildman–Crippen MR) is 113 cm³/mol. The first-order valence-corrected chi connectivity index (χ1v) is 11.6. The first-order chi connectivity index (χ1) is 14.3. The fraction of sp³-hybridized carbons (Fsp3) is 0.381. The number of benzene rings is 2. The van der Waals surface area contributed by atoms with Crippen molar-refractivity contribution in [3.63, 3.8) is 0 Å². The Morgan fingerprint density at radius 2 is 1.87 bits per heavy atom. The zero-order chi connectivity index (χ0) is 21.7. The van der Waals surface area contributed by atoms with E-state index in [0.29, 0.717) is 24.8 Å². The van der Waals surface area contributed by atoms with Crippen LogP contribution in [0.1, 0.15) is 30.1 Å². The van der Waals surface area contributed by atoms with Crippen LogP contribution in [-0.4, -0.2) is 44.9 Å². The van der Waals surface area contributed by atoms with Gasteiger partial charge in [-0.15, -0.1) is 0 Å². The fourth-order valence-electron chi connectivity index (χ4n) is 3.17. The van der Waals surface area contributed by atoms with Gasteiger partial charge in [0.05, 0.1) is 22.0 Å². The lowest BCUT2D eigenvalue weighted by atomic mass is 10.0. The molecule has 162 valence electrons. The number of halogens is 2. The van der Waals surface area contributed by atoms with Crippen LogP contribution in [0.5, 0.6) is 5.75 Å². The molecular weight excluding hydrogens is 431 g/mol. The number of ether oxygens (including phenoxy) is 1. The number of nitrogens with one attached hydrogen (secondary N) is 1. The summed E-state index contributed by atoms with van der Waals surface area (Å²) in [6, 6.07) is 9.69. The number of nitrogens with zero attached hydrogens (tertiary/aromatic N) is 1. The van der Waals surface area contributed by atoms with Gasteiger partial charge >= 0.3 is 0 Å². The molecule has 2 aromatic rings. The number of rotatable bonds is 7. The lowest BCUT2D eigenvalue weighted by molar-refractivity contribution is 0.0947. The Bertz CT molecular complexity index is 991. The maximum Gasteiger partial charge on any atom is 0.252 e. The maximum absolute atomic E-state index is 12.9. The number of carbonyl (C=O) groups excluding carboxylic acids is 1. The molecule has 2 aromatic carbocycles. The van der Waals surface area contributed by atoms with E-state index < -0.39 is 15.9 Å². The summed E-state index contributed by atoms with van der Waals surface area (Å²) in [5, 5.41) is 2.82. The zero-order valence-corrected chi connectivity index (χ0v) is 18.2. The van der Waals surface area contributed by atoms with Crippen LogP contribution >= 0.6 is 11.6 Å². The van der Waals surface area contributed by atoms with Crippen molar-refractivity contribution in [3.8, 4) is 5.75 Å². The van der Waals surface area contributed by atoms with Crippen molar-refractivity contribution in [2.45, 2.75) is 24.7 Å². The summed E-state index contributed by atoms with van der Waals surface area (Å²) in [5.74, 6) is 0.124. The summed E-state index contributed by atoms with van der Waals surface area (Å²) < 4.78 is 45.6. The Kier molecular flexibility index (Phi) is 7.33. The number of amides is 1. The number of carbonyl (C=O) groups is 1. The molecule has 1 heterocycles. The summed E-state index contributed by atoms with van der Waals surface area (Å²) in [6.07, 6.45) is 1.63. The van der Waals surface area contributed by atoms with Crippen LogP contribution in [0.2, 0.25) is 5.02 Å². The Labute approximate surface area is 181 Å². The molecule has 3 rings (SSSR count). The quantitative estimate of drug-likeness (QED) is 0.647. The van der Waals surface area contributed by atoms with Gasteiger partial charge in [-0.25, -0.2) is 12.8 Å². The lowest BCUT2D eigenvalue weighted by Gasteiger charge is -2.29. The van der Waals surface area contributed by atoms with Gasteiger partial charge in [-0.2, -0.15) is 4.31 Å². The van der Waals surface area contributed by atoms with E-state index in [-0.39, 0.29) is 34.5 Å². The van der Waals surface area contributed by atoms with Crippen molar-refractivity contribution in [1.29, 1.82) is 0 Å². The smallest absolute Gasteiger partial charge is 0.252 e. The van der Waals surface area contributed by atoms with Crippen molar-refractivity contribution < 1.29 is 22.3 Å². The molecule has 0 spiro atoms. The Morgan fingerprint density at radius 3 is 2.53 bits per heavy atom. The lowest BCUT2D eigenvalue weighted by Crippen LogP contribution is -2.38. The standard InChI is InChI=1S/C21H24ClFN2O4S/c1-15-8-11-25(12-9-15)30(27,28)18-6-7-20(22)19(14-18)21(26)24-10-13-29-17-4-2-16(23)3-5-17/h2-7,14-15H,8-13H2,1H3,(H,24,26). The van der Waals surface area contributed by atoms with Crippen molar-refractivity contribution in [2.75, 3.05) is 26.2 Å². The van der Waals surface area contributed by atoms with Gasteiger partial charge in [0, 0.05) is 13.1 Å². The molecule has 1 fully saturated rings. The van der Waals surface area contributed by atoms with E-state index in [2.05, 4.69) is 12.2 Å². The van der Waals surface area contributed by atoms with Crippen molar-refractivity contribution in [1.82, 2.24) is 9.62 Å². The highest BCUT2D eigenvalue weighted by molar-refractivity contribution is 7.89. The Hall–Kier alpha value is -2.16. The first-order valence-electron chi connectivity index (χ1n) is 9.73. The molecule has 0 atom stereocenters. The average Bonchev–Trinajstić information content (AvgIpc) is 2.73. The van der Waals surface area contributed by atoms with Crippen LogP contribution in [0.3, 0.4) is 0 Å². The summed E-state index contributed by atoms with van der Waals surface area (Å²) in [6.45, 7) is 3.38. The van der Waals surface area contributed by atoms with Gasteiger partial charge in [-0.3, -0.25) is 4.79 Å². The van der Waals surface area contributed by atoms with Gasteiger partial charge in [-0.05, 0) is 61.2 Å². The van der Waals surface area contributed by atoms with Crippen molar-refractivity contribution in [3.05, 3.63) is 58.9 Å². The van der Waals surface area contributed by atoms with Crippen LogP contribution in [0.15, 0.2) is 47.4 Å². The molecule has 1 N–H and O–H groups in total. The van der Waals surface area contributed by atoms with Crippen LogP contribution in [0.4, 0.5) is 4.39 Å². The molecule has 0 aliphatic carbocycles. The zero-order valence-electron chi connectivity index (χ0n) is 16.6. The molecule has 0 radical (unpaired) electrons. The molecule has 0 saturated carbocycles. The Morgan fingerprint density at radius 1 is 1.20 bits per heavy atom. The van der Waals surface area contributed by atoms with Gasteiger partial charge < -0.3 is 10.1 Å². The van der Waals surface area contributed by atoms with E-state index in [0.717, 1.165) is 12.8 Å². The van der Waals surface area contributed by atoms with Gasteiger partial charge in [0.25, 0.3) is 5.91 Å². The topological polar surface area (TPSA) is 75.7 Å². The molecule has 1 aliphatic rings. The van der Waals surface area contributed by atoms with E-state index in [1.54, 1.807) is 0 Å².